The fraction of sp³-hybridized carbons (Fsp3) is 0.167. The van der Waals surface area contributed by atoms with Crippen LogP contribution in [0.2, 0.25) is 0 Å². The van der Waals surface area contributed by atoms with E-state index in [2.05, 4.69) is 0 Å². The second kappa shape index (κ2) is 6.04. The zero-order valence-electron chi connectivity index (χ0n) is 13.1. The van der Waals surface area contributed by atoms with Gasteiger partial charge in [0.1, 0.15) is 28.6 Å². The Hall–Kier alpha value is -2.95. The number of ketones is 1. The number of Topliss-reactive ketones (excluding diaryl/α,β-unsaturated/α-hetero) is 1. The van der Waals surface area contributed by atoms with Crippen LogP contribution < -0.4 is 18.9 Å². The lowest BCUT2D eigenvalue weighted by molar-refractivity contribution is 0.101. The fourth-order valence-corrected chi connectivity index (χ4v) is 2.38. The first-order valence-corrected chi connectivity index (χ1v) is 7.00. The van der Waals surface area contributed by atoms with Crippen LogP contribution in [0.3, 0.4) is 0 Å². The Bertz CT molecular complexity index is 775. The molecule has 0 bridgehead atoms. The molecule has 0 saturated heterocycles. The lowest BCUT2D eigenvalue weighted by Gasteiger charge is -2.07. The van der Waals surface area contributed by atoms with Crippen molar-refractivity contribution in [2.24, 2.45) is 0 Å². The largest absolute Gasteiger partial charge is 0.497 e. The minimum atomic E-state index is -0.213. The molecule has 0 radical (unpaired) electrons. The molecule has 3 rings (SSSR count). The summed E-state index contributed by atoms with van der Waals surface area (Å²) in [6.07, 6.45) is 1.69. The van der Waals surface area contributed by atoms with Crippen LogP contribution in [0.1, 0.15) is 15.9 Å². The van der Waals surface area contributed by atoms with Gasteiger partial charge in [0.15, 0.2) is 5.76 Å². The Kier molecular flexibility index (Phi) is 3.93. The Morgan fingerprint density at radius 2 is 1.61 bits per heavy atom. The van der Waals surface area contributed by atoms with Crippen LogP contribution in [-0.4, -0.2) is 27.1 Å². The minimum Gasteiger partial charge on any atom is -0.497 e. The third-order valence-corrected chi connectivity index (χ3v) is 3.58. The van der Waals surface area contributed by atoms with Gasteiger partial charge in [0.2, 0.25) is 5.78 Å². The van der Waals surface area contributed by atoms with E-state index in [0.29, 0.717) is 22.8 Å². The topological polar surface area (TPSA) is 54.0 Å². The van der Waals surface area contributed by atoms with Gasteiger partial charge in [0.25, 0.3) is 0 Å². The summed E-state index contributed by atoms with van der Waals surface area (Å²) < 4.78 is 21.3. The van der Waals surface area contributed by atoms with Crippen molar-refractivity contribution >= 4 is 11.9 Å². The van der Waals surface area contributed by atoms with Gasteiger partial charge in [0, 0.05) is 12.1 Å². The van der Waals surface area contributed by atoms with E-state index in [1.54, 1.807) is 32.4 Å². The third kappa shape index (κ3) is 2.73. The van der Waals surface area contributed by atoms with Crippen LogP contribution in [-0.2, 0) is 0 Å². The average Bonchev–Trinajstić information content (AvgIpc) is 2.90. The van der Waals surface area contributed by atoms with Crippen LogP contribution in [0.15, 0.2) is 42.2 Å². The zero-order valence-corrected chi connectivity index (χ0v) is 13.1. The molecule has 0 fully saturated rings. The van der Waals surface area contributed by atoms with Gasteiger partial charge in [-0.1, -0.05) is 12.1 Å². The van der Waals surface area contributed by atoms with Crippen molar-refractivity contribution < 1.29 is 23.7 Å². The van der Waals surface area contributed by atoms with Gasteiger partial charge in [-0.05, 0) is 23.8 Å². The summed E-state index contributed by atoms with van der Waals surface area (Å²) in [5.41, 5.74) is 1.25. The molecule has 118 valence electrons. The molecule has 5 nitrogen and oxygen atoms in total. The summed E-state index contributed by atoms with van der Waals surface area (Å²) in [5, 5.41) is 0. The molecule has 2 aromatic rings. The summed E-state index contributed by atoms with van der Waals surface area (Å²) >= 11 is 0. The van der Waals surface area contributed by atoms with Crippen molar-refractivity contribution in [1.29, 1.82) is 0 Å². The number of hydrogen-bond donors (Lipinski definition) is 0. The normalized spacial score (nSPS) is 14.4. The number of allylic oxidation sites excluding steroid dienone is 1. The highest BCUT2D eigenvalue weighted by atomic mass is 16.5. The maximum atomic E-state index is 12.6. The van der Waals surface area contributed by atoms with Crippen LogP contribution in [0.4, 0.5) is 0 Å². The lowest BCUT2D eigenvalue weighted by atomic mass is 10.1. The molecule has 0 saturated carbocycles. The monoisotopic (exact) mass is 312 g/mol. The number of rotatable bonds is 4. The van der Waals surface area contributed by atoms with Gasteiger partial charge in [-0.15, -0.1) is 0 Å². The van der Waals surface area contributed by atoms with E-state index in [1.807, 2.05) is 24.3 Å². The molecule has 0 spiro atoms. The number of ether oxygens (including phenoxy) is 4. The van der Waals surface area contributed by atoms with Crippen molar-refractivity contribution in [3.63, 3.8) is 0 Å². The first kappa shape index (κ1) is 15.0. The molecule has 0 atom stereocenters. The Labute approximate surface area is 134 Å². The number of fused-ring (bicyclic) bond motifs is 1. The lowest BCUT2D eigenvalue weighted by Crippen LogP contribution is -2.00. The van der Waals surface area contributed by atoms with Crippen LogP contribution >= 0.6 is 0 Å². The molecule has 0 aliphatic carbocycles. The predicted octanol–water partition coefficient (Wildman–Crippen LogP) is 3.33. The standard InChI is InChI=1S/C18H16O5/c1-20-12-6-4-11(5-7-12)8-16-18(19)17-14(22-3)9-13(21-2)10-15(17)23-16/h4-10H,1-3H3/b16-8-. The minimum absolute atomic E-state index is 0.213. The maximum absolute atomic E-state index is 12.6. The highest BCUT2D eigenvalue weighted by molar-refractivity contribution is 6.16. The molecule has 1 aliphatic heterocycles. The molecule has 0 aromatic heterocycles. The van der Waals surface area contributed by atoms with E-state index in [1.165, 1.54) is 7.11 Å². The van der Waals surface area contributed by atoms with Crippen LogP contribution in [0, 0.1) is 0 Å². The van der Waals surface area contributed by atoms with Gasteiger partial charge in [-0.25, -0.2) is 0 Å². The van der Waals surface area contributed by atoms with Crippen LogP contribution in [0.5, 0.6) is 23.0 Å². The van der Waals surface area contributed by atoms with Gasteiger partial charge in [0.05, 0.1) is 21.3 Å². The van der Waals surface area contributed by atoms with Gasteiger partial charge < -0.3 is 18.9 Å². The second-order valence-corrected chi connectivity index (χ2v) is 4.92. The average molecular weight is 312 g/mol. The highest BCUT2D eigenvalue weighted by Crippen LogP contribution is 2.41. The second-order valence-electron chi connectivity index (χ2n) is 4.92. The first-order valence-electron chi connectivity index (χ1n) is 7.00. The van der Waals surface area contributed by atoms with Crippen molar-refractivity contribution in [3.8, 4) is 23.0 Å². The number of benzene rings is 2. The summed E-state index contributed by atoms with van der Waals surface area (Å²) in [6, 6.07) is 10.7. The van der Waals surface area contributed by atoms with Gasteiger partial charge in [-0.3, -0.25) is 4.79 Å². The number of hydrogen-bond acceptors (Lipinski definition) is 5. The van der Waals surface area contributed by atoms with Gasteiger partial charge >= 0.3 is 0 Å². The van der Waals surface area contributed by atoms with E-state index in [0.717, 1.165) is 11.3 Å². The summed E-state index contributed by atoms with van der Waals surface area (Å²) in [4.78, 5) is 12.6. The van der Waals surface area contributed by atoms with E-state index in [-0.39, 0.29) is 11.5 Å². The van der Waals surface area contributed by atoms with E-state index in [9.17, 15) is 4.79 Å². The van der Waals surface area contributed by atoms with Crippen molar-refractivity contribution in [2.75, 3.05) is 21.3 Å². The van der Waals surface area contributed by atoms with Crippen molar-refractivity contribution in [3.05, 3.63) is 53.3 Å². The molecular formula is C18H16O5. The molecule has 0 unspecified atom stereocenters. The summed E-state index contributed by atoms with van der Waals surface area (Å²) in [7, 11) is 4.66. The number of carbonyl (C=O) groups excluding carboxylic acids is 1. The molecule has 1 heterocycles. The Morgan fingerprint density at radius 1 is 0.913 bits per heavy atom. The van der Waals surface area contributed by atoms with Crippen molar-refractivity contribution in [1.82, 2.24) is 0 Å². The van der Waals surface area contributed by atoms with Gasteiger partial charge in [-0.2, -0.15) is 0 Å². The first-order chi connectivity index (χ1) is 11.2. The molecule has 0 N–H and O–H groups in total. The maximum Gasteiger partial charge on any atom is 0.235 e. The van der Waals surface area contributed by atoms with E-state index >= 15 is 0 Å². The number of carbonyl (C=O) groups is 1. The molecular weight excluding hydrogens is 296 g/mol. The Morgan fingerprint density at radius 3 is 2.22 bits per heavy atom. The van der Waals surface area contributed by atoms with E-state index in [4.69, 9.17) is 18.9 Å². The molecule has 1 aliphatic rings. The fourth-order valence-electron chi connectivity index (χ4n) is 2.38. The molecule has 23 heavy (non-hydrogen) atoms. The smallest absolute Gasteiger partial charge is 0.235 e. The highest BCUT2D eigenvalue weighted by Gasteiger charge is 2.32. The molecule has 2 aromatic carbocycles. The number of methoxy groups -OCH3 is 3. The quantitative estimate of drug-likeness (QED) is 0.811. The van der Waals surface area contributed by atoms with Crippen LogP contribution in [0.25, 0.3) is 6.08 Å². The predicted molar refractivity (Wildman–Crippen MR) is 85.5 cm³/mol. The van der Waals surface area contributed by atoms with E-state index < -0.39 is 0 Å². The van der Waals surface area contributed by atoms with Crippen molar-refractivity contribution in [2.45, 2.75) is 0 Å². The molecule has 0 amide bonds. The Balaban J connectivity index is 1.97. The SMILES string of the molecule is COc1ccc(/C=C2\Oc3cc(OC)cc(OC)c3C2=O)cc1. The molecule has 5 heteroatoms. The summed E-state index contributed by atoms with van der Waals surface area (Å²) in [5.74, 6) is 2.22. The summed E-state index contributed by atoms with van der Waals surface area (Å²) in [6.45, 7) is 0. The zero-order chi connectivity index (χ0) is 16.4. The third-order valence-electron chi connectivity index (χ3n) is 3.58.